The molecule has 4 nitrogen and oxygen atoms in total. The van der Waals surface area contributed by atoms with Crippen LogP contribution in [0.1, 0.15) is 107 Å². The van der Waals surface area contributed by atoms with Crippen LogP contribution in [0, 0.1) is 26.8 Å². The monoisotopic (exact) mass is 1000 g/mol. The number of pyridine rings is 1. The van der Waals surface area contributed by atoms with Crippen molar-refractivity contribution in [1.29, 1.82) is 0 Å². The first-order valence-corrected chi connectivity index (χ1v) is 20.8. The van der Waals surface area contributed by atoms with E-state index in [-0.39, 0.29) is 66.3 Å². The van der Waals surface area contributed by atoms with E-state index >= 15 is 0 Å². The predicted octanol–water partition coefficient (Wildman–Crippen LogP) is 15.1. The molecule has 62 heavy (non-hydrogen) atoms. The van der Waals surface area contributed by atoms with Gasteiger partial charge < -0.3 is 5.11 Å². The first-order valence-electron chi connectivity index (χ1n) is 24.8. The van der Waals surface area contributed by atoms with Crippen LogP contribution in [0.4, 0.5) is 0 Å². The average molecular weight is 1000 g/mol. The van der Waals surface area contributed by atoms with Gasteiger partial charge in [0.15, 0.2) is 0 Å². The molecule has 0 unspecified atom stereocenters. The minimum atomic E-state index is -2.56. The van der Waals surface area contributed by atoms with E-state index in [1.54, 1.807) is 24.4 Å². The van der Waals surface area contributed by atoms with Crippen molar-refractivity contribution in [3.05, 3.63) is 167 Å². The number of rotatable bonds is 6. The van der Waals surface area contributed by atoms with Crippen LogP contribution in [0.5, 0.6) is 5.75 Å². The van der Waals surface area contributed by atoms with Crippen molar-refractivity contribution in [3.63, 3.8) is 0 Å². The minimum absolute atomic E-state index is 0. The number of aryl methyl sites for hydroxylation is 3. The van der Waals surface area contributed by atoms with Crippen molar-refractivity contribution in [2.75, 3.05) is 0 Å². The molecule has 0 atom stereocenters. The molecule has 2 heterocycles. The fraction of sp³-hybridized carbons (Fsp3) is 0.263. The van der Waals surface area contributed by atoms with E-state index in [0.717, 1.165) is 33.4 Å². The largest absolute Gasteiger partial charge is 0.507 e. The molecule has 0 saturated carbocycles. The normalized spacial score (nSPS) is 14.2. The molecule has 6 aromatic carbocycles. The fourth-order valence-electron chi connectivity index (χ4n) is 7.86. The molecule has 318 valence electrons. The predicted molar refractivity (Wildman–Crippen MR) is 257 cm³/mol. The number of nitrogens with zero attached hydrogens (tertiary/aromatic N) is 3. The molecule has 0 fully saturated rings. The molecule has 0 saturated heterocycles. The van der Waals surface area contributed by atoms with E-state index in [0.29, 0.717) is 61.6 Å². The number of para-hydroxylation sites is 1. The van der Waals surface area contributed by atoms with Crippen LogP contribution >= 0.6 is 0 Å². The van der Waals surface area contributed by atoms with Crippen LogP contribution in [0.25, 0.3) is 72.7 Å². The Hall–Kier alpha value is -5.57. The quantitative estimate of drug-likeness (QED) is 0.169. The summed E-state index contributed by atoms with van der Waals surface area (Å²) < 4.78 is 71.0. The molecule has 0 aliphatic heterocycles. The zero-order valence-corrected chi connectivity index (χ0v) is 39.6. The number of hydrogen-bond acceptors (Lipinski definition) is 3. The number of aromatic nitrogens is 3. The second-order valence-corrected chi connectivity index (χ2v) is 19.3. The molecular formula is C57H58N3OPt-. The number of phenolic OH excluding ortho intramolecular Hbond substituents is 1. The zero-order valence-electron chi connectivity index (χ0n) is 45.3. The Bertz CT molecular complexity index is 3310. The van der Waals surface area contributed by atoms with Crippen molar-refractivity contribution in [2.24, 2.45) is 0 Å². The van der Waals surface area contributed by atoms with E-state index in [9.17, 15) is 5.11 Å². The maximum absolute atomic E-state index is 11.8. The van der Waals surface area contributed by atoms with E-state index in [2.05, 4.69) is 92.6 Å². The molecular weight excluding hydrogens is 938 g/mol. The van der Waals surface area contributed by atoms with Gasteiger partial charge in [0.25, 0.3) is 0 Å². The second kappa shape index (κ2) is 16.6. The van der Waals surface area contributed by atoms with Gasteiger partial charge in [-0.2, -0.15) is 0 Å². The fourth-order valence-corrected chi connectivity index (χ4v) is 7.86. The van der Waals surface area contributed by atoms with Gasteiger partial charge in [-0.25, -0.2) is 4.98 Å². The van der Waals surface area contributed by atoms with Gasteiger partial charge in [0.2, 0.25) is 0 Å². The number of phenols is 1. The Morgan fingerprint density at radius 3 is 1.94 bits per heavy atom. The summed E-state index contributed by atoms with van der Waals surface area (Å²) in [5.41, 5.74) is 10.9. The van der Waals surface area contributed by atoms with Crippen LogP contribution in [-0.4, -0.2) is 19.6 Å². The summed E-state index contributed by atoms with van der Waals surface area (Å²) in [5.74, 6) is 0.401. The zero-order chi connectivity index (χ0) is 50.4. The first kappa shape index (κ1) is 35.0. The Balaban J connectivity index is 0.00000722. The molecule has 0 spiro atoms. The van der Waals surface area contributed by atoms with Gasteiger partial charge in [0.05, 0.1) is 29.1 Å². The van der Waals surface area contributed by atoms with Gasteiger partial charge in [0.1, 0.15) is 11.6 Å². The van der Waals surface area contributed by atoms with Crippen LogP contribution in [-0.2, 0) is 37.3 Å². The number of imidazole rings is 1. The van der Waals surface area contributed by atoms with E-state index < -0.39 is 25.0 Å². The van der Waals surface area contributed by atoms with Crippen LogP contribution in [0.2, 0.25) is 0 Å². The summed E-state index contributed by atoms with van der Waals surface area (Å²) in [6, 6.07) is 30.8. The Labute approximate surface area is 394 Å². The maximum Gasteiger partial charge on any atom is 0.148 e. The van der Waals surface area contributed by atoms with Gasteiger partial charge in [-0.1, -0.05) is 152 Å². The summed E-state index contributed by atoms with van der Waals surface area (Å²) in [6.07, 6.45) is 1.56. The van der Waals surface area contributed by atoms with Gasteiger partial charge >= 0.3 is 0 Å². The Morgan fingerprint density at radius 1 is 0.629 bits per heavy atom. The standard InChI is InChI=1S/C57H58N3O.Pt/c1-35-25-37(3)53(61)48(26-35)54-59-52-47(42-28-43(32-44(31-42)55(4,5)6)49-33-40(23-24-58-49)38-17-14-13-15-18-38)19-16-20-51(52)60(54)50-22-21-39(27-36(50)2)41-29-45(56(7,8)9)34-46(30-41)57(10,11)12;/h13-27,29-34,61H,1-12H3;/q-1;/i2D3,13D,14D,15D,17D,18D;. The summed E-state index contributed by atoms with van der Waals surface area (Å²) in [5, 5.41) is 11.8. The number of benzene rings is 6. The van der Waals surface area contributed by atoms with Gasteiger partial charge in [-0.3, -0.25) is 9.55 Å². The third-order valence-corrected chi connectivity index (χ3v) is 11.5. The smallest absolute Gasteiger partial charge is 0.148 e. The van der Waals surface area contributed by atoms with E-state index in [1.165, 1.54) is 0 Å². The van der Waals surface area contributed by atoms with Crippen LogP contribution in [0.3, 0.4) is 0 Å². The molecule has 0 aliphatic carbocycles. The van der Waals surface area contributed by atoms with Gasteiger partial charge in [0, 0.05) is 37.1 Å². The Kier molecular flexibility index (Phi) is 9.36. The van der Waals surface area contributed by atoms with E-state index in [1.807, 2.05) is 66.9 Å². The molecule has 8 rings (SSSR count). The molecule has 2 aromatic heterocycles. The molecule has 1 N–H and O–H groups in total. The number of aromatic hydroxyl groups is 1. The van der Waals surface area contributed by atoms with Gasteiger partial charge in [-0.15, -0.1) is 29.3 Å². The van der Waals surface area contributed by atoms with Crippen molar-refractivity contribution in [3.8, 4) is 67.5 Å². The van der Waals surface area contributed by atoms with Crippen molar-refractivity contribution < 1.29 is 37.1 Å². The Morgan fingerprint density at radius 2 is 1.27 bits per heavy atom. The number of fused-ring (bicyclic) bond motifs is 1. The van der Waals surface area contributed by atoms with Crippen molar-refractivity contribution >= 4 is 11.0 Å². The molecule has 0 aliphatic rings. The minimum Gasteiger partial charge on any atom is -0.507 e. The molecule has 0 amide bonds. The number of hydrogen-bond donors (Lipinski definition) is 1. The van der Waals surface area contributed by atoms with Crippen LogP contribution in [0.15, 0.2) is 127 Å². The van der Waals surface area contributed by atoms with Crippen molar-refractivity contribution in [1.82, 2.24) is 14.5 Å². The van der Waals surface area contributed by atoms with Crippen molar-refractivity contribution in [2.45, 2.75) is 99.3 Å². The third kappa shape index (κ3) is 8.73. The SMILES string of the molecule is [2H]c1c([2H])c([2H])c(-c2ccnc(-c3[c-]c(-c4cccc5c4nc(-c4cc(C)cc(C)c4O)n5-c4ccc(-c5cc(C(C)(C)C)cc(C(C)(C)C)c5)cc4C([2H])([2H])[2H])cc(C(C)(C)C)c3)c2)c([2H])c1[2H].[Pt]. The molecule has 5 heteroatoms. The average Bonchev–Trinajstić information content (AvgIpc) is 3.67. The summed E-state index contributed by atoms with van der Waals surface area (Å²) in [7, 11) is 0. The molecule has 8 aromatic rings. The first-order chi connectivity index (χ1) is 32.0. The second-order valence-electron chi connectivity index (χ2n) is 19.3. The topological polar surface area (TPSA) is 50.9 Å². The summed E-state index contributed by atoms with van der Waals surface area (Å²) >= 11 is 0. The summed E-state index contributed by atoms with van der Waals surface area (Å²) in [4.78, 5) is 10.1. The summed E-state index contributed by atoms with van der Waals surface area (Å²) in [6.45, 7) is 20.6. The maximum atomic E-state index is 11.8. The third-order valence-electron chi connectivity index (χ3n) is 11.5. The molecule has 0 radical (unpaired) electrons. The van der Waals surface area contributed by atoms with E-state index in [4.69, 9.17) is 20.9 Å². The van der Waals surface area contributed by atoms with Crippen LogP contribution < -0.4 is 0 Å². The van der Waals surface area contributed by atoms with Gasteiger partial charge in [-0.05, 0) is 117 Å². The molecule has 0 bridgehead atoms.